The zero-order valence-electron chi connectivity index (χ0n) is 11.3. The molecular weight excluding hydrogens is 316 g/mol. The fourth-order valence-electron chi connectivity index (χ4n) is 2.35. The first-order valence-corrected chi connectivity index (χ1v) is 8.82. The fourth-order valence-corrected chi connectivity index (χ4v) is 4.82. The normalized spacial score (nSPS) is 24.0. The Morgan fingerprint density at radius 1 is 1.43 bits per heavy atom. The highest BCUT2D eigenvalue weighted by molar-refractivity contribution is 7.89. The minimum absolute atomic E-state index is 0.0434. The van der Waals surface area contributed by atoms with Gasteiger partial charge >= 0.3 is 0 Å². The number of sulfonamides is 1. The number of fused-ring (bicyclic) bond motifs is 1. The van der Waals surface area contributed by atoms with Gasteiger partial charge in [-0.05, 0) is 6.92 Å². The van der Waals surface area contributed by atoms with Crippen molar-refractivity contribution in [1.82, 2.24) is 13.7 Å². The number of nitrogens with one attached hydrogen (secondary N) is 1. The number of β-amino-alcohol motifs (C(OH)–C–C–N with tert-alkyl or cyclic N) is 2. The van der Waals surface area contributed by atoms with Crippen molar-refractivity contribution in [3.63, 3.8) is 0 Å². The van der Waals surface area contributed by atoms with Gasteiger partial charge in [0.1, 0.15) is 0 Å². The second kappa shape index (κ2) is 5.21. The van der Waals surface area contributed by atoms with Crippen LogP contribution in [0.5, 0.6) is 0 Å². The highest BCUT2D eigenvalue weighted by Gasteiger charge is 2.40. The molecule has 1 fully saturated rings. The maximum absolute atomic E-state index is 12.8. The lowest BCUT2D eigenvalue weighted by Gasteiger charge is -2.16. The van der Waals surface area contributed by atoms with Crippen LogP contribution in [0.1, 0.15) is 6.92 Å². The van der Waals surface area contributed by atoms with Crippen LogP contribution in [0.3, 0.4) is 0 Å². The second-order valence-corrected chi connectivity index (χ2v) is 7.53. The van der Waals surface area contributed by atoms with E-state index in [4.69, 9.17) is 0 Å². The van der Waals surface area contributed by atoms with Crippen molar-refractivity contribution in [3.8, 4) is 0 Å². The van der Waals surface area contributed by atoms with Gasteiger partial charge in [0.25, 0.3) is 10.0 Å². The third-order valence-electron chi connectivity index (χ3n) is 3.37. The summed E-state index contributed by atoms with van der Waals surface area (Å²) in [6.45, 7) is 2.16. The highest BCUT2D eigenvalue weighted by atomic mass is 32.2. The summed E-state index contributed by atoms with van der Waals surface area (Å²) >= 11 is 1.34. The predicted octanol–water partition coefficient (Wildman–Crippen LogP) is -0.446. The summed E-state index contributed by atoms with van der Waals surface area (Å²) in [6, 6.07) is 0. The molecule has 0 amide bonds. The first kappa shape index (κ1) is 14.7. The monoisotopic (exact) mass is 332 g/mol. The number of imidazole rings is 1. The molecule has 21 heavy (non-hydrogen) atoms. The Balaban J connectivity index is 2.09. The van der Waals surface area contributed by atoms with E-state index < -0.39 is 22.2 Å². The Bertz CT molecular complexity index is 743. The van der Waals surface area contributed by atoms with E-state index in [1.54, 1.807) is 11.6 Å². The van der Waals surface area contributed by atoms with E-state index in [2.05, 4.69) is 10.3 Å². The first-order chi connectivity index (χ1) is 9.95. The number of thiazole rings is 1. The quantitative estimate of drug-likeness (QED) is 0.700. The number of hydrogen-bond acceptors (Lipinski definition) is 7. The Labute approximate surface area is 125 Å². The van der Waals surface area contributed by atoms with Crippen LogP contribution in [0.4, 0.5) is 5.82 Å². The first-order valence-electron chi connectivity index (χ1n) is 6.51. The molecule has 3 heterocycles. The molecule has 0 spiro atoms. The van der Waals surface area contributed by atoms with E-state index in [9.17, 15) is 18.6 Å². The van der Waals surface area contributed by atoms with E-state index in [1.807, 2.05) is 6.92 Å². The summed E-state index contributed by atoms with van der Waals surface area (Å²) in [4.78, 5) is 4.85. The van der Waals surface area contributed by atoms with Crippen molar-refractivity contribution >= 4 is 32.1 Å². The lowest BCUT2D eigenvalue weighted by atomic mass is 10.3. The predicted molar refractivity (Wildman–Crippen MR) is 78.0 cm³/mol. The standard InChI is InChI=1S/C11H16N4O4S2/c1-2-12-9-10(15-3-4-20-11(15)13-9)21(18,19)14-5-7(16)8(17)6-14/h3-4,7-8,12,16-17H,2,5-6H2,1H3. The number of aliphatic hydroxyl groups is 2. The molecule has 2 aromatic rings. The molecule has 1 aliphatic rings. The molecule has 0 radical (unpaired) electrons. The Morgan fingerprint density at radius 3 is 2.71 bits per heavy atom. The lowest BCUT2D eigenvalue weighted by molar-refractivity contribution is 0.0572. The van der Waals surface area contributed by atoms with Crippen molar-refractivity contribution in [2.45, 2.75) is 24.2 Å². The summed E-state index contributed by atoms with van der Waals surface area (Å²) in [5.41, 5.74) is 0. The van der Waals surface area contributed by atoms with Gasteiger partial charge in [0.15, 0.2) is 15.8 Å². The maximum Gasteiger partial charge on any atom is 0.263 e. The molecule has 0 bridgehead atoms. The zero-order chi connectivity index (χ0) is 15.2. The van der Waals surface area contributed by atoms with Crippen LogP contribution < -0.4 is 5.32 Å². The van der Waals surface area contributed by atoms with Gasteiger partial charge in [0.05, 0.1) is 12.2 Å². The molecule has 8 nitrogen and oxygen atoms in total. The molecule has 2 aromatic heterocycles. The van der Waals surface area contributed by atoms with Crippen LogP contribution in [0.15, 0.2) is 16.6 Å². The molecular formula is C11H16N4O4S2. The van der Waals surface area contributed by atoms with Gasteiger partial charge in [-0.25, -0.2) is 13.4 Å². The largest absolute Gasteiger partial charge is 0.389 e. The van der Waals surface area contributed by atoms with Crippen LogP contribution in [-0.2, 0) is 10.0 Å². The van der Waals surface area contributed by atoms with Gasteiger partial charge in [-0.2, -0.15) is 4.31 Å². The van der Waals surface area contributed by atoms with Crippen molar-refractivity contribution < 1.29 is 18.6 Å². The molecule has 3 rings (SSSR count). The molecule has 116 valence electrons. The van der Waals surface area contributed by atoms with Gasteiger partial charge in [-0.1, -0.05) is 0 Å². The molecule has 0 saturated carbocycles. The number of aliphatic hydroxyl groups excluding tert-OH is 2. The SMILES string of the molecule is CCNc1nc2sccn2c1S(=O)(=O)N1CC(O)C(O)C1. The summed E-state index contributed by atoms with van der Waals surface area (Å²) in [5.74, 6) is 0.292. The Morgan fingerprint density at radius 2 is 2.10 bits per heavy atom. The van der Waals surface area contributed by atoms with Crippen molar-refractivity contribution in [2.75, 3.05) is 25.0 Å². The number of rotatable bonds is 4. The van der Waals surface area contributed by atoms with Crippen LogP contribution >= 0.6 is 11.3 Å². The molecule has 2 unspecified atom stereocenters. The van der Waals surface area contributed by atoms with Crippen LogP contribution in [0.2, 0.25) is 0 Å². The van der Waals surface area contributed by atoms with Crippen LogP contribution in [0.25, 0.3) is 4.96 Å². The highest BCUT2D eigenvalue weighted by Crippen LogP contribution is 2.30. The van der Waals surface area contributed by atoms with Crippen molar-refractivity contribution in [1.29, 1.82) is 0 Å². The molecule has 1 aliphatic heterocycles. The third kappa shape index (κ3) is 2.32. The Kier molecular flexibility index (Phi) is 3.66. The van der Waals surface area contributed by atoms with Crippen molar-refractivity contribution in [2.24, 2.45) is 0 Å². The van der Waals surface area contributed by atoms with Crippen LogP contribution in [0, 0.1) is 0 Å². The molecule has 10 heteroatoms. The number of nitrogens with zero attached hydrogens (tertiary/aromatic N) is 3. The average molecular weight is 332 g/mol. The van der Waals surface area contributed by atoms with E-state index >= 15 is 0 Å². The molecule has 0 aromatic carbocycles. The van der Waals surface area contributed by atoms with E-state index in [1.165, 1.54) is 15.7 Å². The minimum atomic E-state index is -3.85. The third-order valence-corrected chi connectivity index (χ3v) is 5.99. The lowest BCUT2D eigenvalue weighted by Crippen LogP contribution is -2.31. The second-order valence-electron chi connectivity index (χ2n) is 4.81. The summed E-state index contributed by atoms with van der Waals surface area (Å²) in [6.07, 6.45) is -0.481. The fraction of sp³-hybridized carbons (Fsp3) is 0.545. The number of hydrogen-bond donors (Lipinski definition) is 3. The topological polar surface area (TPSA) is 107 Å². The van der Waals surface area contributed by atoms with Crippen LogP contribution in [-0.4, -0.2) is 64.2 Å². The molecule has 0 aliphatic carbocycles. The number of anilines is 1. The summed E-state index contributed by atoms with van der Waals surface area (Å²) in [5, 5.41) is 23.9. The minimum Gasteiger partial charge on any atom is -0.389 e. The van der Waals surface area contributed by atoms with E-state index in [0.29, 0.717) is 17.3 Å². The molecule has 3 N–H and O–H groups in total. The smallest absolute Gasteiger partial charge is 0.263 e. The van der Waals surface area contributed by atoms with E-state index in [0.717, 1.165) is 4.31 Å². The van der Waals surface area contributed by atoms with Gasteiger partial charge < -0.3 is 15.5 Å². The summed E-state index contributed by atoms with van der Waals surface area (Å²) < 4.78 is 28.2. The average Bonchev–Trinajstić information content (AvgIpc) is 3.05. The van der Waals surface area contributed by atoms with Gasteiger partial charge in [0, 0.05) is 31.2 Å². The number of aromatic nitrogens is 2. The maximum atomic E-state index is 12.8. The van der Waals surface area contributed by atoms with Gasteiger partial charge in [-0.15, -0.1) is 11.3 Å². The molecule has 1 saturated heterocycles. The van der Waals surface area contributed by atoms with Crippen molar-refractivity contribution in [3.05, 3.63) is 11.6 Å². The Hall–Kier alpha value is -1.20. The van der Waals surface area contributed by atoms with Gasteiger partial charge in [0.2, 0.25) is 0 Å². The summed E-state index contributed by atoms with van der Waals surface area (Å²) in [7, 11) is -3.85. The van der Waals surface area contributed by atoms with Gasteiger partial charge in [-0.3, -0.25) is 4.40 Å². The zero-order valence-corrected chi connectivity index (χ0v) is 12.9. The molecule has 2 atom stereocenters. The van der Waals surface area contributed by atoms with E-state index in [-0.39, 0.29) is 18.1 Å².